The minimum atomic E-state index is -1.06. The van der Waals surface area contributed by atoms with Crippen LogP contribution in [0.25, 0.3) is 0 Å². The lowest BCUT2D eigenvalue weighted by molar-refractivity contribution is -0.139. The zero-order chi connectivity index (χ0) is 19.9. The summed E-state index contributed by atoms with van der Waals surface area (Å²) in [4.78, 5) is 27.4. The van der Waals surface area contributed by atoms with E-state index in [-0.39, 0.29) is 24.8 Å². The van der Waals surface area contributed by atoms with Crippen molar-refractivity contribution < 1.29 is 14.7 Å². The van der Waals surface area contributed by atoms with E-state index in [1.165, 1.54) is 11.1 Å². The van der Waals surface area contributed by atoms with Crippen LogP contribution in [0.5, 0.6) is 0 Å². The fourth-order valence-electron chi connectivity index (χ4n) is 3.67. The number of rotatable bonds is 7. The lowest BCUT2D eigenvalue weighted by atomic mass is 9.96. The molecule has 1 aliphatic rings. The maximum atomic E-state index is 12.4. The molecule has 1 atom stereocenters. The second-order valence-corrected chi connectivity index (χ2v) is 7.12. The first-order chi connectivity index (χ1) is 13.6. The van der Waals surface area contributed by atoms with Gasteiger partial charge < -0.3 is 15.7 Å². The van der Waals surface area contributed by atoms with Gasteiger partial charge in [0.05, 0.1) is 6.04 Å². The van der Waals surface area contributed by atoms with E-state index in [1.807, 2.05) is 17.0 Å². The van der Waals surface area contributed by atoms with Crippen molar-refractivity contribution in [2.24, 2.45) is 5.73 Å². The largest absolute Gasteiger partial charge is 0.480 e. The van der Waals surface area contributed by atoms with Gasteiger partial charge in [0.2, 0.25) is 5.91 Å². The fraction of sp³-hybridized carbons (Fsp3) is 0.364. The minimum absolute atomic E-state index is 0.0210. The zero-order valence-electron chi connectivity index (χ0n) is 15.9. The molecule has 1 amide bonds. The molecule has 28 heavy (non-hydrogen) atoms. The molecule has 0 radical (unpaired) electrons. The van der Waals surface area contributed by atoms with E-state index in [4.69, 9.17) is 10.8 Å². The number of piperazine rings is 1. The number of nitrogens with zero attached hydrogens (tertiary/aromatic N) is 2. The Bertz CT molecular complexity index is 735. The summed E-state index contributed by atoms with van der Waals surface area (Å²) in [5, 5.41) is 8.86. The molecule has 2 aromatic rings. The van der Waals surface area contributed by atoms with Gasteiger partial charge in [0.15, 0.2) is 0 Å². The number of benzene rings is 2. The SMILES string of the molecule is N[C@@H](CCC(=O)N1CCN(C(c2ccccc2)c2ccccc2)CC1)C(=O)O. The van der Waals surface area contributed by atoms with Gasteiger partial charge in [0.25, 0.3) is 0 Å². The highest BCUT2D eigenvalue weighted by molar-refractivity contribution is 5.78. The van der Waals surface area contributed by atoms with Crippen LogP contribution in [0, 0.1) is 0 Å². The molecule has 0 bridgehead atoms. The molecule has 0 aromatic heterocycles. The van der Waals surface area contributed by atoms with Gasteiger partial charge in [-0.2, -0.15) is 0 Å². The summed E-state index contributed by atoms with van der Waals surface area (Å²) in [5.74, 6) is -1.08. The van der Waals surface area contributed by atoms with Crippen LogP contribution in [0.15, 0.2) is 60.7 Å². The van der Waals surface area contributed by atoms with Crippen LogP contribution in [0.1, 0.15) is 30.0 Å². The number of carbonyl (C=O) groups is 2. The maximum Gasteiger partial charge on any atom is 0.320 e. The number of aliphatic carboxylic acids is 1. The summed E-state index contributed by atoms with van der Waals surface area (Å²) in [6.07, 6.45) is 0.347. The third-order valence-corrected chi connectivity index (χ3v) is 5.25. The molecule has 148 valence electrons. The van der Waals surface area contributed by atoms with Gasteiger partial charge in [0.1, 0.15) is 6.04 Å². The third kappa shape index (κ3) is 4.97. The van der Waals surface area contributed by atoms with E-state index in [1.54, 1.807) is 0 Å². The number of carbonyl (C=O) groups excluding carboxylic acids is 1. The van der Waals surface area contributed by atoms with Gasteiger partial charge in [-0.3, -0.25) is 14.5 Å². The summed E-state index contributed by atoms with van der Waals surface area (Å²) in [6, 6.07) is 20.0. The second-order valence-electron chi connectivity index (χ2n) is 7.12. The van der Waals surface area contributed by atoms with Crippen LogP contribution in [-0.2, 0) is 9.59 Å². The Morgan fingerprint density at radius 2 is 1.39 bits per heavy atom. The van der Waals surface area contributed by atoms with Crippen molar-refractivity contribution in [3.63, 3.8) is 0 Å². The monoisotopic (exact) mass is 381 g/mol. The first-order valence-corrected chi connectivity index (χ1v) is 9.66. The van der Waals surface area contributed by atoms with E-state index in [9.17, 15) is 9.59 Å². The molecule has 0 spiro atoms. The number of hydrogen-bond acceptors (Lipinski definition) is 4. The summed E-state index contributed by atoms with van der Waals surface area (Å²) >= 11 is 0. The zero-order valence-corrected chi connectivity index (χ0v) is 15.9. The normalized spacial score (nSPS) is 16.1. The topological polar surface area (TPSA) is 86.9 Å². The molecule has 6 nitrogen and oxygen atoms in total. The first-order valence-electron chi connectivity index (χ1n) is 9.66. The molecule has 1 aliphatic heterocycles. The second kappa shape index (κ2) is 9.48. The van der Waals surface area contributed by atoms with Gasteiger partial charge >= 0.3 is 5.97 Å². The van der Waals surface area contributed by atoms with Gasteiger partial charge in [-0.05, 0) is 17.5 Å². The quantitative estimate of drug-likeness (QED) is 0.767. The van der Waals surface area contributed by atoms with Crippen molar-refractivity contribution in [2.45, 2.75) is 24.9 Å². The number of hydrogen-bond donors (Lipinski definition) is 2. The summed E-state index contributed by atoms with van der Waals surface area (Å²) in [5.41, 5.74) is 7.98. The maximum absolute atomic E-state index is 12.4. The van der Waals surface area contributed by atoms with E-state index in [0.29, 0.717) is 13.1 Å². The molecule has 2 aromatic carbocycles. The highest BCUT2D eigenvalue weighted by Gasteiger charge is 2.28. The van der Waals surface area contributed by atoms with Gasteiger partial charge in [-0.1, -0.05) is 60.7 Å². The van der Waals surface area contributed by atoms with Crippen LogP contribution >= 0.6 is 0 Å². The van der Waals surface area contributed by atoms with Crippen molar-refractivity contribution in [3.8, 4) is 0 Å². The van der Waals surface area contributed by atoms with Crippen molar-refractivity contribution in [2.75, 3.05) is 26.2 Å². The van der Waals surface area contributed by atoms with Crippen LogP contribution in [-0.4, -0.2) is 59.0 Å². The van der Waals surface area contributed by atoms with E-state index >= 15 is 0 Å². The number of nitrogens with two attached hydrogens (primary N) is 1. The van der Waals surface area contributed by atoms with Crippen LogP contribution in [0.3, 0.4) is 0 Å². The van der Waals surface area contributed by atoms with Crippen LogP contribution < -0.4 is 5.73 Å². The van der Waals surface area contributed by atoms with E-state index < -0.39 is 12.0 Å². The van der Waals surface area contributed by atoms with E-state index in [0.717, 1.165) is 13.1 Å². The van der Waals surface area contributed by atoms with Crippen LogP contribution in [0.2, 0.25) is 0 Å². The number of carboxylic acid groups (broad SMARTS) is 1. The Hall–Kier alpha value is -2.70. The lowest BCUT2D eigenvalue weighted by Gasteiger charge is -2.40. The fourth-order valence-corrected chi connectivity index (χ4v) is 3.67. The van der Waals surface area contributed by atoms with Gasteiger partial charge in [-0.15, -0.1) is 0 Å². The van der Waals surface area contributed by atoms with Crippen molar-refractivity contribution in [3.05, 3.63) is 71.8 Å². The van der Waals surface area contributed by atoms with Crippen molar-refractivity contribution in [1.29, 1.82) is 0 Å². The Kier molecular flexibility index (Phi) is 6.79. The summed E-state index contributed by atoms with van der Waals surface area (Å²) < 4.78 is 0. The third-order valence-electron chi connectivity index (χ3n) is 5.25. The molecule has 0 unspecified atom stereocenters. The van der Waals surface area contributed by atoms with Gasteiger partial charge in [-0.25, -0.2) is 0 Å². The van der Waals surface area contributed by atoms with Crippen molar-refractivity contribution in [1.82, 2.24) is 9.80 Å². The highest BCUT2D eigenvalue weighted by Crippen LogP contribution is 2.29. The Morgan fingerprint density at radius 3 is 1.86 bits per heavy atom. The standard InChI is InChI=1S/C22H27N3O3/c23-19(22(27)28)11-12-20(26)24-13-15-25(16-14-24)21(17-7-3-1-4-8-17)18-9-5-2-6-10-18/h1-10,19,21H,11-16,23H2,(H,27,28)/t19-/m0/s1. The Labute approximate surface area is 165 Å². The molecule has 1 heterocycles. The summed E-state index contributed by atoms with van der Waals surface area (Å²) in [6.45, 7) is 2.81. The average molecular weight is 381 g/mol. The first kappa shape index (κ1) is 20.0. The minimum Gasteiger partial charge on any atom is -0.480 e. The lowest BCUT2D eigenvalue weighted by Crippen LogP contribution is -2.50. The number of amides is 1. The molecular formula is C22H27N3O3. The smallest absolute Gasteiger partial charge is 0.320 e. The van der Waals surface area contributed by atoms with E-state index in [2.05, 4.69) is 53.4 Å². The number of carboxylic acids is 1. The molecule has 3 N–H and O–H groups in total. The highest BCUT2D eigenvalue weighted by atomic mass is 16.4. The summed E-state index contributed by atoms with van der Waals surface area (Å²) in [7, 11) is 0. The Morgan fingerprint density at radius 1 is 0.893 bits per heavy atom. The molecule has 1 fully saturated rings. The predicted octanol–water partition coefficient (Wildman–Crippen LogP) is 2.11. The van der Waals surface area contributed by atoms with Crippen molar-refractivity contribution >= 4 is 11.9 Å². The van der Waals surface area contributed by atoms with Gasteiger partial charge in [0, 0.05) is 32.6 Å². The molecular weight excluding hydrogens is 354 g/mol. The molecule has 0 saturated carbocycles. The molecule has 1 saturated heterocycles. The molecule has 0 aliphatic carbocycles. The Balaban J connectivity index is 1.64. The predicted molar refractivity (Wildman–Crippen MR) is 108 cm³/mol. The van der Waals surface area contributed by atoms with Crippen LogP contribution in [0.4, 0.5) is 0 Å². The molecule has 6 heteroatoms. The molecule has 3 rings (SSSR count). The average Bonchev–Trinajstić information content (AvgIpc) is 2.74.